The van der Waals surface area contributed by atoms with Gasteiger partial charge < -0.3 is 31.5 Å². The van der Waals surface area contributed by atoms with Gasteiger partial charge in [0.1, 0.15) is 18.6 Å². The van der Waals surface area contributed by atoms with Gasteiger partial charge in [-0.25, -0.2) is 0 Å². The summed E-state index contributed by atoms with van der Waals surface area (Å²) in [7, 11) is 0. The Kier molecular flexibility index (Phi) is 10.5. The number of nitrogens with one attached hydrogen (secondary N) is 2. The van der Waals surface area contributed by atoms with Gasteiger partial charge in [0.15, 0.2) is 0 Å². The molecule has 0 spiro atoms. The van der Waals surface area contributed by atoms with Crippen LogP contribution in [0.1, 0.15) is 32.1 Å². The molecule has 0 saturated carbocycles. The van der Waals surface area contributed by atoms with E-state index in [1.54, 1.807) is 11.8 Å². The number of carbonyl (C=O) groups excluding carboxylic acids is 3. The van der Waals surface area contributed by atoms with Gasteiger partial charge in [-0.3, -0.25) is 24.0 Å². The number of hydrogen-bond donors (Lipinski definition) is 5. The zero-order valence-electron chi connectivity index (χ0n) is 16.3. The van der Waals surface area contributed by atoms with Crippen molar-refractivity contribution < 1.29 is 34.2 Å². The highest BCUT2D eigenvalue weighted by molar-refractivity contribution is 7.98. The second-order valence-corrected chi connectivity index (χ2v) is 7.67. The van der Waals surface area contributed by atoms with Crippen molar-refractivity contribution in [2.45, 2.75) is 50.2 Å². The van der Waals surface area contributed by atoms with Crippen LogP contribution in [-0.4, -0.2) is 88.0 Å². The van der Waals surface area contributed by atoms with Crippen molar-refractivity contribution in [3.8, 4) is 0 Å². The predicted molar refractivity (Wildman–Crippen MR) is 105 cm³/mol. The number of rotatable bonds is 12. The number of carboxylic acid groups (broad SMARTS) is 2. The van der Waals surface area contributed by atoms with E-state index >= 15 is 0 Å². The second-order valence-electron chi connectivity index (χ2n) is 6.68. The number of aliphatic carboxylic acids is 2. The highest BCUT2D eigenvalue weighted by atomic mass is 32.2. The molecule has 3 unspecified atom stereocenters. The second kappa shape index (κ2) is 12.3. The fraction of sp³-hybridized carbons (Fsp3) is 0.706. The largest absolute Gasteiger partial charge is 0.481 e. The Balaban J connectivity index is 2.79. The first kappa shape index (κ1) is 24.7. The van der Waals surface area contributed by atoms with Crippen LogP contribution in [0.15, 0.2) is 0 Å². The molecular weight excluding hydrogens is 404 g/mol. The van der Waals surface area contributed by atoms with Crippen molar-refractivity contribution in [2.24, 2.45) is 5.73 Å². The molecule has 0 bridgehead atoms. The van der Waals surface area contributed by atoms with Crippen molar-refractivity contribution in [2.75, 3.05) is 25.1 Å². The van der Waals surface area contributed by atoms with Gasteiger partial charge in [0.25, 0.3) is 0 Å². The number of nitrogens with zero attached hydrogens (tertiary/aromatic N) is 1. The Morgan fingerprint density at radius 3 is 2.45 bits per heavy atom. The van der Waals surface area contributed by atoms with Gasteiger partial charge in [0.05, 0.1) is 6.04 Å². The Bertz CT molecular complexity index is 631. The van der Waals surface area contributed by atoms with Crippen LogP contribution in [0.3, 0.4) is 0 Å². The number of amides is 3. The SMILES string of the molecule is CSCCC(N)C(=O)N1CCCC1C(=O)NC(CCC(=O)O)C(=O)NCC(=O)O. The minimum Gasteiger partial charge on any atom is -0.481 e. The smallest absolute Gasteiger partial charge is 0.322 e. The molecule has 1 saturated heterocycles. The van der Waals surface area contributed by atoms with E-state index < -0.39 is 54.8 Å². The van der Waals surface area contributed by atoms with Gasteiger partial charge in [-0.2, -0.15) is 11.8 Å². The number of carbonyl (C=O) groups is 5. The summed E-state index contributed by atoms with van der Waals surface area (Å²) in [5, 5.41) is 22.1. The summed E-state index contributed by atoms with van der Waals surface area (Å²) >= 11 is 1.56. The van der Waals surface area contributed by atoms with Gasteiger partial charge in [0, 0.05) is 13.0 Å². The van der Waals surface area contributed by atoms with Crippen LogP contribution in [0.25, 0.3) is 0 Å². The van der Waals surface area contributed by atoms with Crippen molar-refractivity contribution in [3.05, 3.63) is 0 Å². The fourth-order valence-corrected chi connectivity index (χ4v) is 3.46. The molecule has 1 fully saturated rings. The molecule has 0 aliphatic carbocycles. The maximum absolute atomic E-state index is 12.7. The molecule has 6 N–H and O–H groups in total. The summed E-state index contributed by atoms with van der Waals surface area (Å²) in [6.07, 6.45) is 2.78. The standard InChI is InChI=1S/C17H28N4O7S/c1-29-8-6-10(18)17(28)21-7-2-3-12(21)16(27)20-11(4-5-13(22)23)15(26)19-9-14(24)25/h10-12H,2-9,18H2,1H3,(H,19,26)(H,20,27)(H,22,23)(H,24,25). The highest BCUT2D eigenvalue weighted by Gasteiger charge is 2.37. The average Bonchev–Trinajstić information content (AvgIpc) is 3.16. The van der Waals surface area contributed by atoms with E-state index in [1.807, 2.05) is 6.26 Å². The van der Waals surface area contributed by atoms with Gasteiger partial charge in [-0.1, -0.05) is 0 Å². The fourth-order valence-electron chi connectivity index (χ4n) is 2.97. The van der Waals surface area contributed by atoms with Crippen LogP contribution < -0.4 is 16.4 Å². The molecule has 0 aromatic heterocycles. The molecule has 1 aliphatic rings. The number of hydrogen-bond acceptors (Lipinski definition) is 7. The van der Waals surface area contributed by atoms with Gasteiger partial charge in [0.2, 0.25) is 17.7 Å². The lowest BCUT2D eigenvalue weighted by Gasteiger charge is -2.28. The first-order valence-corrected chi connectivity index (χ1v) is 10.6. The van der Waals surface area contributed by atoms with Crippen LogP contribution >= 0.6 is 11.8 Å². The molecule has 1 rings (SSSR count). The van der Waals surface area contributed by atoms with E-state index in [9.17, 15) is 24.0 Å². The molecule has 1 aliphatic heterocycles. The number of thioether (sulfide) groups is 1. The van der Waals surface area contributed by atoms with Crippen LogP contribution in [-0.2, 0) is 24.0 Å². The summed E-state index contributed by atoms with van der Waals surface area (Å²) in [6, 6.07) is -2.75. The van der Waals surface area contributed by atoms with Crippen LogP contribution in [0.2, 0.25) is 0 Å². The highest BCUT2D eigenvalue weighted by Crippen LogP contribution is 2.19. The van der Waals surface area contributed by atoms with Crippen molar-refractivity contribution >= 4 is 41.4 Å². The average molecular weight is 432 g/mol. The molecule has 164 valence electrons. The first-order chi connectivity index (χ1) is 13.7. The zero-order chi connectivity index (χ0) is 22.0. The lowest BCUT2D eigenvalue weighted by molar-refractivity contribution is -0.141. The van der Waals surface area contributed by atoms with E-state index in [1.165, 1.54) is 4.90 Å². The summed E-state index contributed by atoms with van der Waals surface area (Å²) in [6.45, 7) is -0.286. The van der Waals surface area contributed by atoms with Crippen molar-refractivity contribution in [3.63, 3.8) is 0 Å². The maximum atomic E-state index is 12.7. The van der Waals surface area contributed by atoms with Gasteiger partial charge in [-0.05, 0) is 37.7 Å². The normalized spacial score (nSPS) is 18.0. The minimum absolute atomic E-state index is 0.208. The predicted octanol–water partition coefficient (Wildman–Crippen LogP) is -1.39. The molecule has 0 aromatic carbocycles. The molecule has 1 heterocycles. The topological polar surface area (TPSA) is 179 Å². The van der Waals surface area contributed by atoms with Crippen molar-refractivity contribution in [1.29, 1.82) is 0 Å². The summed E-state index contributed by atoms with van der Waals surface area (Å²) < 4.78 is 0. The van der Waals surface area contributed by atoms with Gasteiger partial charge >= 0.3 is 11.9 Å². The van der Waals surface area contributed by atoms with E-state index in [-0.39, 0.29) is 12.3 Å². The molecule has 0 aromatic rings. The Morgan fingerprint density at radius 2 is 1.86 bits per heavy atom. The first-order valence-electron chi connectivity index (χ1n) is 9.24. The van der Waals surface area contributed by atoms with E-state index in [0.717, 1.165) is 0 Å². The Hall–Kier alpha value is -2.34. The summed E-state index contributed by atoms with van der Waals surface area (Å²) in [5.41, 5.74) is 5.92. The summed E-state index contributed by atoms with van der Waals surface area (Å²) in [5.74, 6) is -3.45. The summed E-state index contributed by atoms with van der Waals surface area (Å²) in [4.78, 5) is 60.3. The number of carboxylic acids is 2. The molecular formula is C17H28N4O7S. The van der Waals surface area contributed by atoms with Crippen LogP contribution in [0, 0.1) is 0 Å². The molecule has 0 radical (unpaired) electrons. The van der Waals surface area contributed by atoms with E-state index in [4.69, 9.17) is 15.9 Å². The molecule has 3 amide bonds. The minimum atomic E-state index is -1.27. The zero-order valence-corrected chi connectivity index (χ0v) is 17.1. The van der Waals surface area contributed by atoms with Crippen LogP contribution in [0.4, 0.5) is 0 Å². The molecule has 12 heteroatoms. The Labute approximate surface area is 172 Å². The quantitative estimate of drug-likeness (QED) is 0.248. The van der Waals surface area contributed by atoms with Crippen molar-refractivity contribution in [1.82, 2.24) is 15.5 Å². The van der Waals surface area contributed by atoms with Crippen LogP contribution in [0.5, 0.6) is 0 Å². The third-order valence-corrected chi connectivity index (χ3v) is 5.13. The van der Waals surface area contributed by atoms with E-state index in [2.05, 4.69) is 10.6 Å². The maximum Gasteiger partial charge on any atom is 0.322 e. The third kappa shape index (κ3) is 8.28. The van der Waals surface area contributed by atoms with E-state index in [0.29, 0.717) is 31.6 Å². The number of nitrogens with two attached hydrogens (primary N) is 1. The number of likely N-dealkylation sites (tertiary alicyclic amines) is 1. The monoisotopic (exact) mass is 432 g/mol. The molecule has 11 nitrogen and oxygen atoms in total. The molecule has 29 heavy (non-hydrogen) atoms. The molecule has 3 atom stereocenters. The third-order valence-electron chi connectivity index (χ3n) is 4.48. The van der Waals surface area contributed by atoms with Gasteiger partial charge in [-0.15, -0.1) is 0 Å². The Morgan fingerprint density at radius 1 is 1.17 bits per heavy atom. The lowest BCUT2D eigenvalue weighted by atomic mass is 10.1. The lowest BCUT2D eigenvalue weighted by Crippen LogP contribution is -2.55.